The summed E-state index contributed by atoms with van der Waals surface area (Å²) in [7, 11) is -1.80. The number of amides is 1. The van der Waals surface area contributed by atoms with Crippen molar-refractivity contribution >= 4 is 21.6 Å². The minimum atomic E-state index is -3.31. The van der Waals surface area contributed by atoms with Gasteiger partial charge in [-0.05, 0) is 50.6 Å². The van der Waals surface area contributed by atoms with Crippen LogP contribution < -0.4 is 9.62 Å². The fraction of sp³-hybridized carbons (Fsp3) is 0.316. The monoisotopic (exact) mass is 360 g/mol. The van der Waals surface area contributed by atoms with Crippen LogP contribution in [-0.2, 0) is 10.0 Å². The molecule has 0 aliphatic carbocycles. The molecule has 2 aromatic rings. The molecule has 0 aromatic heterocycles. The van der Waals surface area contributed by atoms with E-state index < -0.39 is 10.0 Å². The second-order valence-corrected chi connectivity index (χ2v) is 8.31. The van der Waals surface area contributed by atoms with Crippen LogP contribution in [0.2, 0.25) is 0 Å². The number of carbonyl (C=O) groups excluding carboxylic acids is 1. The van der Waals surface area contributed by atoms with E-state index in [1.54, 1.807) is 31.2 Å². The lowest BCUT2D eigenvalue weighted by atomic mass is 10.1. The number of hydrogen-bond donors (Lipinski definition) is 1. The van der Waals surface area contributed by atoms with Gasteiger partial charge in [0.1, 0.15) is 0 Å². The summed E-state index contributed by atoms with van der Waals surface area (Å²) in [4.78, 5) is 12.4. The summed E-state index contributed by atoms with van der Waals surface area (Å²) in [6, 6.07) is 14.4. The predicted molar refractivity (Wildman–Crippen MR) is 101 cm³/mol. The molecule has 0 unspecified atom stereocenters. The molecule has 134 valence electrons. The minimum absolute atomic E-state index is 0.0276. The highest BCUT2D eigenvalue weighted by Crippen LogP contribution is 2.18. The number of hydrogen-bond acceptors (Lipinski definition) is 3. The molecule has 0 saturated heterocycles. The number of rotatable bonds is 6. The third-order valence-electron chi connectivity index (χ3n) is 4.20. The van der Waals surface area contributed by atoms with Crippen LogP contribution in [0, 0.1) is 6.92 Å². The van der Waals surface area contributed by atoms with Gasteiger partial charge in [-0.1, -0.05) is 29.8 Å². The largest absolute Gasteiger partial charge is 0.346 e. The summed E-state index contributed by atoms with van der Waals surface area (Å²) < 4.78 is 25.0. The second-order valence-electron chi connectivity index (χ2n) is 6.02. The third kappa shape index (κ3) is 4.60. The Hall–Kier alpha value is -2.34. The highest BCUT2D eigenvalue weighted by Gasteiger charge is 2.17. The zero-order valence-corrected chi connectivity index (χ0v) is 15.8. The number of sulfonamides is 1. The number of anilines is 1. The first-order valence-electron chi connectivity index (χ1n) is 8.18. The Morgan fingerprint density at radius 1 is 1.08 bits per heavy atom. The van der Waals surface area contributed by atoms with Crippen molar-refractivity contribution in [2.45, 2.75) is 26.8 Å². The summed E-state index contributed by atoms with van der Waals surface area (Å²) in [5, 5.41) is 2.95. The molecule has 1 N–H and O–H groups in total. The smallest absolute Gasteiger partial charge is 0.251 e. The zero-order chi connectivity index (χ0) is 18.6. The maximum absolute atomic E-state index is 12.4. The average molecular weight is 360 g/mol. The van der Waals surface area contributed by atoms with E-state index in [0.29, 0.717) is 11.3 Å². The Bertz CT molecular complexity index is 828. The van der Waals surface area contributed by atoms with Crippen LogP contribution in [0.3, 0.4) is 0 Å². The molecule has 2 aromatic carbocycles. The molecule has 0 radical (unpaired) electrons. The van der Waals surface area contributed by atoms with Gasteiger partial charge in [0.15, 0.2) is 0 Å². The highest BCUT2D eigenvalue weighted by molar-refractivity contribution is 7.92. The molecule has 0 spiro atoms. The molecule has 1 amide bonds. The maximum Gasteiger partial charge on any atom is 0.251 e. The van der Waals surface area contributed by atoms with E-state index in [0.717, 1.165) is 5.56 Å². The fourth-order valence-electron chi connectivity index (χ4n) is 2.40. The summed E-state index contributed by atoms with van der Waals surface area (Å²) in [5.41, 5.74) is 3.23. The molecule has 5 nitrogen and oxygen atoms in total. The number of carbonyl (C=O) groups is 1. The van der Waals surface area contributed by atoms with Crippen LogP contribution in [0.25, 0.3) is 0 Å². The molecule has 25 heavy (non-hydrogen) atoms. The minimum Gasteiger partial charge on any atom is -0.346 e. The first kappa shape index (κ1) is 19.0. The molecule has 0 aliphatic rings. The molecule has 0 fully saturated rings. The SMILES string of the molecule is CCS(=O)(=O)N(C)c1ccc(C(=O)N[C@H](C)c2ccc(C)cc2)cc1. The van der Waals surface area contributed by atoms with Crippen LogP contribution >= 0.6 is 0 Å². The number of aryl methyl sites for hydroxylation is 1. The highest BCUT2D eigenvalue weighted by atomic mass is 32.2. The van der Waals surface area contributed by atoms with Crippen molar-refractivity contribution in [1.82, 2.24) is 5.32 Å². The van der Waals surface area contributed by atoms with Gasteiger partial charge in [0.2, 0.25) is 10.0 Å². The first-order chi connectivity index (χ1) is 11.7. The molecule has 1 atom stereocenters. The van der Waals surface area contributed by atoms with Crippen LogP contribution in [0.15, 0.2) is 48.5 Å². The van der Waals surface area contributed by atoms with Crippen molar-refractivity contribution in [2.75, 3.05) is 17.1 Å². The Labute approximate surface area is 149 Å². The van der Waals surface area contributed by atoms with Gasteiger partial charge in [-0.2, -0.15) is 0 Å². The standard InChI is InChI=1S/C19H24N2O3S/c1-5-25(23,24)21(4)18-12-10-17(11-13-18)19(22)20-15(3)16-8-6-14(2)7-9-16/h6-13,15H,5H2,1-4H3,(H,20,22)/t15-/m1/s1. The molecule has 0 heterocycles. The van der Waals surface area contributed by atoms with Gasteiger partial charge >= 0.3 is 0 Å². The van der Waals surface area contributed by atoms with Gasteiger partial charge in [0.25, 0.3) is 5.91 Å². The topological polar surface area (TPSA) is 66.5 Å². The fourth-order valence-corrected chi connectivity index (χ4v) is 3.23. The van der Waals surface area contributed by atoms with Gasteiger partial charge in [-0.25, -0.2) is 8.42 Å². The number of benzene rings is 2. The molecular formula is C19H24N2O3S. The molecule has 2 rings (SSSR count). The average Bonchev–Trinajstić information content (AvgIpc) is 2.61. The first-order valence-corrected chi connectivity index (χ1v) is 9.79. The van der Waals surface area contributed by atoms with Crippen molar-refractivity contribution in [3.63, 3.8) is 0 Å². The lowest BCUT2D eigenvalue weighted by Crippen LogP contribution is -2.28. The van der Waals surface area contributed by atoms with E-state index >= 15 is 0 Å². The van der Waals surface area contributed by atoms with E-state index in [1.165, 1.54) is 16.9 Å². The van der Waals surface area contributed by atoms with Crippen LogP contribution in [0.1, 0.15) is 41.4 Å². The van der Waals surface area contributed by atoms with E-state index in [-0.39, 0.29) is 17.7 Å². The summed E-state index contributed by atoms with van der Waals surface area (Å²) in [6.07, 6.45) is 0. The molecule has 0 saturated carbocycles. The second kappa shape index (κ2) is 7.70. The van der Waals surface area contributed by atoms with E-state index in [9.17, 15) is 13.2 Å². The van der Waals surface area contributed by atoms with Gasteiger partial charge < -0.3 is 5.32 Å². The van der Waals surface area contributed by atoms with Crippen LogP contribution in [0.5, 0.6) is 0 Å². The molecular weight excluding hydrogens is 336 g/mol. The van der Waals surface area contributed by atoms with E-state index in [1.807, 2.05) is 38.1 Å². The maximum atomic E-state index is 12.4. The van der Waals surface area contributed by atoms with Gasteiger partial charge in [-0.15, -0.1) is 0 Å². The lowest BCUT2D eigenvalue weighted by molar-refractivity contribution is 0.0940. The summed E-state index contributed by atoms with van der Waals surface area (Å²) in [5.74, 6) is -0.166. The quantitative estimate of drug-likeness (QED) is 0.860. The molecule has 0 aliphatic heterocycles. The van der Waals surface area contributed by atoms with Crippen molar-refractivity contribution in [2.24, 2.45) is 0 Å². The Kier molecular flexibility index (Phi) is 5.85. The molecule has 6 heteroatoms. The van der Waals surface area contributed by atoms with Crippen molar-refractivity contribution in [3.05, 3.63) is 65.2 Å². The third-order valence-corrected chi connectivity index (χ3v) is 5.98. The lowest BCUT2D eigenvalue weighted by Gasteiger charge is -2.19. The normalized spacial score (nSPS) is 12.5. The summed E-state index contributed by atoms with van der Waals surface area (Å²) in [6.45, 7) is 5.54. The van der Waals surface area contributed by atoms with Crippen molar-refractivity contribution < 1.29 is 13.2 Å². The predicted octanol–water partition coefficient (Wildman–Crippen LogP) is 3.27. The van der Waals surface area contributed by atoms with Gasteiger partial charge in [0, 0.05) is 12.6 Å². The number of nitrogens with zero attached hydrogens (tertiary/aromatic N) is 1. The zero-order valence-electron chi connectivity index (χ0n) is 15.0. The van der Waals surface area contributed by atoms with Crippen LogP contribution in [-0.4, -0.2) is 27.1 Å². The van der Waals surface area contributed by atoms with E-state index in [2.05, 4.69) is 5.32 Å². The number of nitrogens with one attached hydrogen (secondary N) is 1. The Balaban J connectivity index is 2.09. The molecule has 0 bridgehead atoms. The van der Waals surface area contributed by atoms with E-state index in [4.69, 9.17) is 0 Å². The van der Waals surface area contributed by atoms with Crippen molar-refractivity contribution in [3.8, 4) is 0 Å². The van der Waals surface area contributed by atoms with Crippen LogP contribution in [0.4, 0.5) is 5.69 Å². The Morgan fingerprint density at radius 2 is 1.64 bits per heavy atom. The summed E-state index contributed by atoms with van der Waals surface area (Å²) >= 11 is 0. The Morgan fingerprint density at radius 3 is 2.16 bits per heavy atom. The van der Waals surface area contributed by atoms with Gasteiger partial charge in [0.05, 0.1) is 17.5 Å². The van der Waals surface area contributed by atoms with Gasteiger partial charge in [-0.3, -0.25) is 9.10 Å². The van der Waals surface area contributed by atoms with Crippen molar-refractivity contribution in [1.29, 1.82) is 0 Å².